The van der Waals surface area contributed by atoms with E-state index in [4.69, 9.17) is 16.3 Å². The first-order chi connectivity index (χ1) is 17.7. The fourth-order valence-corrected chi connectivity index (χ4v) is 6.31. The van der Waals surface area contributed by atoms with Gasteiger partial charge in [-0.25, -0.2) is 13.2 Å². The van der Waals surface area contributed by atoms with Crippen LogP contribution in [0.25, 0.3) is 0 Å². The highest BCUT2D eigenvalue weighted by molar-refractivity contribution is 7.89. The molecule has 1 unspecified atom stereocenters. The number of esters is 1. The summed E-state index contributed by atoms with van der Waals surface area (Å²) in [6, 6.07) is 19.7. The summed E-state index contributed by atoms with van der Waals surface area (Å²) in [5.74, 6) is -0.566. The minimum absolute atomic E-state index is 0.0868. The molecule has 0 spiro atoms. The van der Waals surface area contributed by atoms with E-state index in [1.165, 1.54) is 23.5 Å². The number of amides is 1. The van der Waals surface area contributed by atoms with Crippen LogP contribution in [0.5, 0.6) is 0 Å². The number of benzene rings is 3. The van der Waals surface area contributed by atoms with Crippen LogP contribution in [0.4, 0.5) is 0 Å². The number of halogens is 1. The van der Waals surface area contributed by atoms with Crippen LogP contribution in [-0.2, 0) is 21.3 Å². The van der Waals surface area contributed by atoms with Gasteiger partial charge in [-0.3, -0.25) is 4.79 Å². The van der Waals surface area contributed by atoms with Crippen LogP contribution < -0.4 is 0 Å². The molecule has 3 aromatic carbocycles. The first-order valence-corrected chi connectivity index (χ1v) is 13.8. The van der Waals surface area contributed by atoms with Gasteiger partial charge in [0.2, 0.25) is 10.0 Å². The van der Waals surface area contributed by atoms with Crippen molar-refractivity contribution in [3.8, 4) is 0 Å². The highest BCUT2D eigenvalue weighted by Gasteiger charge is 2.36. The lowest BCUT2D eigenvalue weighted by atomic mass is 10.0. The summed E-state index contributed by atoms with van der Waals surface area (Å²) in [4.78, 5) is 27.0. The van der Waals surface area contributed by atoms with Gasteiger partial charge in [0, 0.05) is 36.3 Å². The van der Waals surface area contributed by atoms with Crippen molar-refractivity contribution in [2.24, 2.45) is 0 Å². The third-order valence-corrected chi connectivity index (χ3v) is 8.76. The van der Waals surface area contributed by atoms with Crippen molar-refractivity contribution < 1.29 is 22.7 Å². The van der Waals surface area contributed by atoms with Gasteiger partial charge in [-0.2, -0.15) is 4.31 Å². The van der Waals surface area contributed by atoms with Crippen molar-refractivity contribution in [3.63, 3.8) is 0 Å². The molecule has 1 heterocycles. The Morgan fingerprint density at radius 1 is 1.03 bits per heavy atom. The topological polar surface area (TPSA) is 84.0 Å². The highest BCUT2D eigenvalue weighted by atomic mass is 35.5. The number of rotatable bonds is 7. The van der Waals surface area contributed by atoms with E-state index in [2.05, 4.69) is 0 Å². The molecule has 0 aromatic heterocycles. The monoisotopic (exact) mass is 540 g/mol. The molecule has 3 aromatic rings. The lowest BCUT2D eigenvalue weighted by Crippen LogP contribution is -2.51. The molecule has 1 amide bonds. The molecular formula is C28H29ClN2O5S. The smallest absolute Gasteiger partial charge is 0.337 e. The molecule has 1 fully saturated rings. The molecule has 1 atom stereocenters. The second-order valence-corrected chi connectivity index (χ2v) is 11.4. The number of carbonyl (C=O) groups is 2. The molecule has 0 radical (unpaired) electrons. The van der Waals surface area contributed by atoms with Gasteiger partial charge in [0.25, 0.3) is 5.91 Å². The van der Waals surface area contributed by atoms with Crippen molar-refractivity contribution in [3.05, 3.63) is 100 Å². The minimum atomic E-state index is -3.92. The summed E-state index contributed by atoms with van der Waals surface area (Å²) < 4.78 is 34.0. The predicted octanol–water partition coefficient (Wildman–Crippen LogP) is 4.93. The fraction of sp³-hybridized carbons (Fsp3) is 0.286. The molecule has 194 valence electrons. The summed E-state index contributed by atoms with van der Waals surface area (Å²) in [5, 5.41) is 0.441. The summed E-state index contributed by atoms with van der Waals surface area (Å²) >= 11 is 6.01. The lowest BCUT2D eigenvalue weighted by molar-refractivity contribution is 0.0600. The Morgan fingerprint density at radius 3 is 2.35 bits per heavy atom. The minimum Gasteiger partial charge on any atom is -0.465 e. The number of sulfonamides is 1. The molecule has 0 saturated carbocycles. The van der Waals surface area contributed by atoms with Crippen molar-refractivity contribution in [1.29, 1.82) is 0 Å². The van der Waals surface area contributed by atoms with Gasteiger partial charge in [0.15, 0.2) is 0 Å². The Hall–Kier alpha value is -3.20. The normalized spacial score (nSPS) is 16.0. The largest absolute Gasteiger partial charge is 0.465 e. The maximum atomic E-state index is 13.9. The van der Waals surface area contributed by atoms with Gasteiger partial charge < -0.3 is 9.64 Å². The van der Waals surface area contributed by atoms with E-state index in [0.29, 0.717) is 41.1 Å². The van der Waals surface area contributed by atoms with Crippen LogP contribution in [0.2, 0.25) is 5.02 Å². The van der Waals surface area contributed by atoms with Gasteiger partial charge in [-0.1, -0.05) is 41.9 Å². The molecular weight excluding hydrogens is 512 g/mol. The first kappa shape index (κ1) is 26.9. The molecule has 0 bridgehead atoms. The number of nitrogens with zero attached hydrogens (tertiary/aromatic N) is 2. The second-order valence-electron chi connectivity index (χ2n) is 9.05. The Morgan fingerprint density at radius 2 is 1.70 bits per heavy atom. The average molecular weight is 541 g/mol. The van der Waals surface area contributed by atoms with E-state index in [1.54, 1.807) is 47.4 Å². The molecule has 1 aliphatic heterocycles. The number of hydrogen-bond acceptors (Lipinski definition) is 5. The van der Waals surface area contributed by atoms with Gasteiger partial charge in [-0.05, 0) is 73.4 Å². The van der Waals surface area contributed by atoms with E-state index in [0.717, 1.165) is 5.56 Å². The number of likely N-dealkylation sites (tertiary alicyclic amines) is 1. The van der Waals surface area contributed by atoms with E-state index in [-0.39, 0.29) is 23.9 Å². The summed E-state index contributed by atoms with van der Waals surface area (Å²) in [6.07, 6.45) is 1.29. The standard InChI is InChI=1S/C28H29ClN2O5S/c1-20-6-3-4-8-26(20)27(32)30-17-5-7-24(19-30)31(37(34,35)25-15-13-23(29)14-16-25)18-21-9-11-22(12-10-21)28(33)36-2/h3-4,6,8-16,24H,5,7,17-19H2,1-2H3. The zero-order chi connectivity index (χ0) is 26.6. The molecule has 9 heteroatoms. The molecule has 7 nitrogen and oxygen atoms in total. The van der Waals surface area contributed by atoms with Crippen LogP contribution >= 0.6 is 11.6 Å². The van der Waals surface area contributed by atoms with E-state index in [1.807, 2.05) is 25.1 Å². The average Bonchev–Trinajstić information content (AvgIpc) is 2.91. The number of ether oxygens (including phenoxy) is 1. The van der Waals surface area contributed by atoms with Crippen LogP contribution in [0.3, 0.4) is 0 Å². The lowest BCUT2D eigenvalue weighted by Gasteiger charge is -2.39. The summed E-state index contributed by atoms with van der Waals surface area (Å²) in [7, 11) is -2.61. The zero-order valence-electron chi connectivity index (χ0n) is 20.8. The number of hydrogen-bond donors (Lipinski definition) is 0. The van der Waals surface area contributed by atoms with Gasteiger partial charge in [0.05, 0.1) is 17.6 Å². The Bertz CT molecular complexity index is 1370. The quantitative estimate of drug-likeness (QED) is 0.397. The fourth-order valence-electron chi connectivity index (χ4n) is 4.55. The molecule has 1 aliphatic rings. The molecule has 0 N–H and O–H groups in total. The van der Waals surface area contributed by atoms with Crippen molar-refractivity contribution in [2.45, 2.75) is 37.2 Å². The third-order valence-electron chi connectivity index (χ3n) is 6.60. The number of carbonyl (C=O) groups excluding carboxylic acids is 2. The predicted molar refractivity (Wildman–Crippen MR) is 142 cm³/mol. The highest BCUT2D eigenvalue weighted by Crippen LogP contribution is 2.28. The van der Waals surface area contributed by atoms with Gasteiger partial charge >= 0.3 is 5.97 Å². The third kappa shape index (κ3) is 6.04. The van der Waals surface area contributed by atoms with Crippen molar-refractivity contribution in [1.82, 2.24) is 9.21 Å². The second kappa shape index (κ2) is 11.5. The van der Waals surface area contributed by atoms with Crippen molar-refractivity contribution >= 4 is 33.5 Å². The molecule has 4 rings (SSSR count). The van der Waals surface area contributed by atoms with Crippen LogP contribution in [0.1, 0.15) is 44.7 Å². The van der Waals surface area contributed by atoms with Crippen LogP contribution in [0, 0.1) is 6.92 Å². The van der Waals surface area contributed by atoms with E-state index in [9.17, 15) is 18.0 Å². The van der Waals surface area contributed by atoms with Gasteiger partial charge in [0.1, 0.15) is 0 Å². The van der Waals surface area contributed by atoms with Crippen LogP contribution in [0.15, 0.2) is 77.7 Å². The summed E-state index contributed by atoms with van der Waals surface area (Å²) in [6.45, 7) is 2.82. The van der Waals surface area contributed by atoms with E-state index < -0.39 is 22.0 Å². The maximum absolute atomic E-state index is 13.9. The Labute approximate surface area is 222 Å². The number of methoxy groups -OCH3 is 1. The van der Waals surface area contributed by atoms with Gasteiger partial charge in [-0.15, -0.1) is 0 Å². The maximum Gasteiger partial charge on any atom is 0.337 e. The van der Waals surface area contributed by atoms with Crippen LogP contribution in [-0.4, -0.2) is 55.7 Å². The SMILES string of the molecule is COC(=O)c1ccc(CN(C2CCCN(C(=O)c3ccccc3C)C2)S(=O)(=O)c2ccc(Cl)cc2)cc1. The first-order valence-electron chi connectivity index (χ1n) is 12.0. The molecule has 1 saturated heterocycles. The molecule has 37 heavy (non-hydrogen) atoms. The zero-order valence-corrected chi connectivity index (χ0v) is 22.3. The summed E-state index contributed by atoms with van der Waals surface area (Å²) in [5.41, 5.74) is 2.60. The Balaban J connectivity index is 1.66. The van der Waals surface area contributed by atoms with E-state index >= 15 is 0 Å². The molecule has 0 aliphatic carbocycles. The number of piperidine rings is 1. The van der Waals surface area contributed by atoms with Crippen molar-refractivity contribution in [2.75, 3.05) is 20.2 Å². The Kier molecular flexibility index (Phi) is 8.32. The number of aryl methyl sites for hydroxylation is 1.